The summed E-state index contributed by atoms with van der Waals surface area (Å²) in [5.41, 5.74) is 2.19. The maximum absolute atomic E-state index is 11.8. The van der Waals surface area contributed by atoms with Crippen molar-refractivity contribution in [2.75, 3.05) is 19.0 Å². The quantitative estimate of drug-likeness (QED) is 0.798. The van der Waals surface area contributed by atoms with E-state index in [4.69, 9.17) is 11.6 Å². The minimum atomic E-state index is -0.391. The predicted molar refractivity (Wildman–Crippen MR) is 89.6 cm³/mol. The summed E-state index contributed by atoms with van der Waals surface area (Å²) in [6.45, 7) is 0.587. The van der Waals surface area contributed by atoms with Gasteiger partial charge >= 0.3 is 5.97 Å². The zero-order chi connectivity index (χ0) is 16.7. The molecule has 2 rings (SSSR count). The van der Waals surface area contributed by atoms with E-state index < -0.39 is 5.97 Å². The number of esters is 1. The third-order valence-corrected chi connectivity index (χ3v) is 3.41. The molecule has 0 heterocycles. The first-order valence-electron chi connectivity index (χ1n) is 7.02. The summed E-state index contributed by atoms with van der Waals surface area (Å²) in [7, 11) is 1.33. The highest BCUT2D eigenvalue weighted by Gasteiger charge is 2.05. The van der Waals surface area contributed by atoms with Crippen molar-refractivity contribution in [2.45, 2.75) is 6.54 Å². The second kappa shape index (κ2) is 8.19. The Bertz CT molecular complexity index is 669. The number of anilines is 1. The van der Waals surface area contributed by atoms with Crippen LogP contribution in [0.2, 0.25) is 5.02 Å². The molecule has 0 bridgehead atoms. The number of benzene rings is 2. The lowest BCUT2D eigenvalue weighted by Crippen LogP contribution is -2.29. The molecule has 120 valence electrons. The summed E-state index contributed by atoms with van der Waals surface area (Å²) in [5, 5.41) is 6.46. The molecule has 2 aromatic carbocycles. The normalized spacial score (nSPS) is 10.0. The Labute approximate surface area is 139 Å². The van der Waals surface area contributed by atoms with Crippen LogP contribution < -0.4 is 10.6 Å². The Kier molecular flexibility index (Phi) is 6.00. The molecule has 0 saturated heterocycles. The van der Waals surface area contributed by atoms with Crippen molar-refractivity contribution < 1.29 is 14.3 Å². The predicted octanol–water partition coefficient (Wildman–Crippen LogP) is 2.85. The Morgan fingerprint density at radius 1 is 1.04 bits per heavy atom. The van der Waals surface area contributed by atoms with Gasteiger partial charge in [-0.15, -0.1) is 0 Å². The molecular formula is C17H17ClN2O3. The van der Waals surface area contributed by atoms with Gasteiger partial charge in [0.1, 0.15) is 0 Å². The highest BCUT2D eigenvalue weighted by atomic mass is 35.5. The Hall–Kier alpha value is -2.53. The van der Waals surface area contributed by atoms with Crippen LogP contribution in [0.15, 0.2) is 48.5 Å². The lowest BCUT2D eigenvalue weighted by atomic mass is 10.2. The molecule has 23 heavy (non-hydrogen) atoms. The fraction of sp³-hybridized carbons (Fsp3) is 0.176. The van der Waals surface area contributed by atoms with Crippen LogP contribution in [0, 0.1) is 0 Å². The summed E-state index contributed by atoms with van der Waals surface area (Å²) in [6.07, 6.45) is 0. The molecular weight excluding hydrogens is 316 g/mol. The highest BCUT2D eigenvalue weighted by molar-refractivity contribution is 6.30. The van der Waals surface area contributed by atoms with Crippen molar-refractivity contribution in [1.29, 1.82) is 0 Å². The molecule has 6 heteroatoms. The molecule has 0 radical (unpaired) electrons. The number of carbonyl (C=O) groups is 2. The van der Waals surface area contributed by atoms with Gasteiger partial charge in [-0.05, 0) is 42.0 Å². The van der Waals surface area contributed by atoms with Crippen LogP contribution in [-0.2, 0) is 16.1 Å². The van der Waals surface area contributed by atoms with Gasteiger partial charge < -0.3 is 15.4 Å². The van der Waals surface area contributed by atoms with E-state index in [0.29, 0.717) is 17.1 Å². The van der Waals surface area contributed by atoms with E-state index in [9.17, 15) is 9.59 Å². The van der Waals surface area contributed by atoms with E-state index in [2.05, 4.69) is 15.4 Å². The number of nitrogens with one attached hydrogen (secondary N) is 2. The first-order chi connectivity index (χ1) is 11.1. The SMILES string of the molecule is COC(=O)c1ccc(NCC(=O)NCc2ccc(Cl)cc2)cc1. The van der Waals surface area contributed by atoms with Gasteiger partial charge in [0.05, 0.1) is 19.2 Å². The van der Waals surface area contributed by atoms with E-state index in [0.717, 1.165) is 11.3 Å². The Morgan fingerprint density at radius 2 is 1.70 bits per heavy atom. The fourth-order valence-electron chi connectivity index (χ4n) is 1.89. The minimum absolute atomic E-state index is 0.128. The van der Waals surface area contributed by atoms with Gasteiger partial charge in [0.25, 0.3) is 0 Å². The van der Waals surface area contributed by atoms with Crippen LogP contribution in [0.1, 0.15) is 15.9 Å². The van der Waals surface area contributed by atoms with Crippen molar-refractivity contribution in [2.24, 2.45) is 0 Å². The summed E-state index contributed by atoms with van der Waals surface area (Å²) < 4.78 is 4.62. The molecule has 0 aliphatic heterocycles. The fourth-order valence-corrected chi connectivity index (χ4v) is 2.02. The monoisotopic (exact) mass is 332 g/mol. The minimum Gasteiger partial charge on any atom is -0.465 e. The van der Waals surface area contributed by atoms with E-state index >= 15 is 0 Å². The molecule has 2 N–H and O–H groups in total. The molecule has 0 aliphatic rings. The number of amides is 1. The van der Waals surface area contributed by atoms with E-state index in [1.165, 1.54) is 7.11 Å². The van der Waals surface area contributed by atoms with Crippen LogP contribution in [0.3, 0.4) is 0 Å². The van der Waals surface area contributed by atoms with Crippen molar-refractivity contribution >= 4 is 29.2 Å². The highest BCUT2D eigenvalue weighted by Crippen LogP contribution is 2.10. The molecule has 0 fully saturated rings. The van der Waals surface area contributed by atoms with Crippen LogP contribution in [0.25, 0.3) is 0 Å². The molecule has 0 aromatic heterocycles. The van der Waals surface area contributed by atoms with Gasteiger partial charge in [-0.1, -0.05) is 23.7 Å². The second-order valence-electron chi connectivity index (χ2n) is 4.83. The van der Waals surface area contributed by atoms with Gasteiger partial charge in [0.15, 0.2) is 0 Å². The Balaban J connectivity index is 1.77. The van der Waals surface area contributed by atoms with Crippen molar-refractivity contribution in [3.8, 4) is 0 Å². The average molecular weight is 333 g/mol. The maximum atomic E-state index is 11.8. The van der Waals surface area contributed by atoms with Crippen molar-refractivity contribution in [3.63, 3.8) is 0 Å². The van der Waals surface area contributed by atoms with Gasteiger partial charge in [-0.25, -0.2) is 4.79 Å². The topological polar surface area (TPSA) is 67.4 Å². The van der Waals surface area contributed by atoms with Crippen LogP contribution in [-0.4, -0.2) is 25.5 Å². The molecule has 0 atom stereocenters. The van der Waals surface area contributed by atoms with Crippen LogP contribution in [0.4, 0.5) is 5.69 Å². The number of ether oxygens (including phenoxy) is 1. The summed E-state index contributed by atoms with van der Waals surface area (Å²) in [6, 6.07) is 14.0. The van der Waals surface area contributed by atoms with Gasteiger partial charge in [0.2, 0.25) is 5.91 Å². The molecule has 0 unspecified atom stereocenters. The van der Waals surface area contributed by atoms with Gasteiger partial charge in [-0.2, -0.15) is 0 Å². The van der Waals surface area contributed by atoms with Gasteiger partial charge in [0, 0.05) is 17.3 Å². The second-order valence-corrected chi connectivity index (χ2v) is 5.26. The third-order valence-electron chi connectivity index (χ3n) is 3.16. The zero-order valence-electron chi connectivity index (χ0n) is 12.6. The third kappa shape index (κ3) is 5.30. The molecule has 0 aliphatic carbocycles. The smallest absolute Gasteiger partial charge is 0.337 e. The first kappa shape index (κ1) is 16.8. The molecule has 0 spiro atoms. The summed E-state index contributed by atoms with van der Waals surface area (Å²) in [5.74, 6) is -0.519. The number of carbonyl (C=O) groups excluding carboxylic acids is 2. The average Bonchev–Trinajstić information content (AvgIpc) is 2.59. The van der Waals surface area contributed by atoms with Crippen molar-refractivity contribution in [1.82, 2.24) is 5.32 Å². The lowest BCUT2D eigenvalue weighted by Gasteiger charge is -2.08. The first-order valence-corrected chi connectivity index (χ1v) is 7.39. The summed E-state index contributed by atoms with van der Waals surface area (Å²) in [4.78, 5) is 23.1. The van der Waals surface area contributed by atoms with E-state index in [1.807, 2.05) is 12.1 Å². The zero-order valence-corrected chi connectivity index (χ0v) is 13.4. The summed E-state index contributed by atoms with van der Waals surface area (Å²) >= 11 is 5.81. The van der Waals surface area contributed by atoms with Crippen molar-refractivity contribution in [3.05, 3.63) is 64.7 Å². The molecule has 0 saturated carbocycles. The van der Waals surface area contributed by atoms with Crippen LogP contribution in [0.5, 0.6) is 0 Å². The Morgan fingerprint density at radius 3 is 2.30 bits per heavy atom. The lowest BCUT2D eigenvalue weighted by molar-refractivity contribution is -0.119. The number of methoxy groups -OCH3 is 1. The van der Waals surface area contributed by atoms with Gasteiger partial charge in [-0.3, -0.25) is 4.79 Å². The molecule has 2 aromatic rings. The number of hydrogen-bond donors (Lipinski definition) is 2. The number of hydrogen-bond acceptors (Lipinski definition) is 4. The van der Waals surface area contributed by atoms with E-state index in [1.54, 1.807) is 36.4 Å². The molecule has 1 amide bonds. The number of halogens is 1. The largest absolute Gasteiger partial charge is 0.465 e. The number of rotatable bonds is 6. The standard InChI is InChI=1S/C17H17ClN2O3/c1-23-17(22)13-4-8-15(9-5-13)19-11-16(21)20-10-12-2-6-14(18)7-3-12/h2-9,19H,10-11H2,1H3,(H,20,21). The van der Waals surface area contributed by atoms with Crippen LogP contribution >= 0.6 is 11.6 Å². The van der Waals surface area contributed by atoms with E-state index in [-0.39, 0.29) is 12.5 Å². The maximum Gasteiger partial charge on any atom is 0.337 e. The molecule has 5 nitrogen and oxygen atoms in total.